The first kappa shape index (κ1) is 34.8. The smallest absolute Gasteiger partial charge is 0.261 e. The number of aliphatic hydroxyl groups is 1. The lowest BCUT2D eigenvalue weighted by Gasteiger charge is -2.35. The Morgan fingerprint density at radius 3 is 2.40 bits per heavy atom. The van der Waals surface area contributed by atoms with Gasteiger partial charge in [0, 0.05) is 38.3 Å². The summed E-state index contributed by atoms with van der Waals surface area (Å²) < 4.78 is 66.7. The molecule has 4 atom stereocenters. The maximum atomic E-state index is 14.2. The monoisotopic (exact) mass is 639 g/mol. The van der Waals surface area contributed by atoms with Gasteiger partial charge in [0.2, 0.25) is 10.0 Å². The van der Waals surface area contributed by atoms with E-state index in [9.17, 15) is 26.7 Å². The number of fused-ring (bicyclic) bond motifs is 1. The summed E-state index contributed by atoms with van der Waals surface area (Å²) in [4.78, 5) is 15.8. The molecule has 13 heteroatoms. The molecule has 0 spiro atoms. The van der Waals surface area contributed by atoms with Crippen LogP contribution in [0.1, 0.15) is 56.0 Å². The molecule has 0 fully saturated rings. The highest BCUT2D eigenvalue weighted by molar-refractivity contribution is 7.92. The van der Waals surface area contributed by atoms with Crippen molar-refractivity contribution in [3.05, 3.63) is 53.6 Å². The second-order valence-corrected chi connectivity index (χ2v) is 15.2. The highest BCUT2D eigenvalue weighted by Gasteiger charge is 2.31. The minimum Gasteiger partial charge on any atom is -0.490 e. The fourth-order valence-electron chi connectivity index (χ4n) is 4.77. The number of aliphatic hydroxyl groups excluding tert-OH is 1. The summed E-state index contributed by atoms with van der Waals surface area (Å²) in [6.07, 6.45) is 2.58. The molecular formula is C30H45N3O8S2. The number of carbonyl (C=O) groups excluding carboxylic acids is 1. The number of nitrogens with one attached hydrogen (secondary N) is 1. The first-order valence-electron chi connectivity index (χ1n) is 14.5. The van der Waals surface area contributed by atoms with Crippen LogP contribution in [0.4, 0.5) is 5.69 Å². The van der Waals surface area contributed by atoms with E-state index in [0.29, 0.717) is 18.8 Å². The quantitative estimate of drug-likeness (QED) is 0.447. The van der Waals surface area contributed by atoms with Crippen molar-refractivity contribution in [2.45, 2.75) is 70.1 Å². The number of anilines is 1. The van der Waals surface area contributed by atoms with Gasteiger partial charge in [0.1, 0.15) is 5.75 Å². The summed E-state index contributed by atoms with van der Waals surface area (Å²) in [5.74, 6) is -0.462. The predicted octanol–water partition coefficient (Wildman–Crippen LogP) is 3.48. The molecular weight excluding hydrogens is 594 g/mol. The van der Waals surface area contributed by atoms with Crippen LogP contribution < -0.4 is 9.46 Å². The Morgan fingerprint density at radius 2 is 1.77 bits per heavy atom. The van der Waals surface area contributed by atoms with Gasteiger partial charge in [-0.2, -0.15) is 0 Å². The van der Waals surface area contributed by atoms with Crippen LogP contribution >= 0.6 is 0 Å². The van der Waals surface area contributed by atoms with Gasteiger partial charge < -0.3 is 19.5 Å². The van der Waals surface area contributed by atoms with Crippen LogP contribution in [-0.2, 0) is 24.8 Å². The third-order valence-corrected chi connectivity index (χ3v) is 10.3. The van der Waals surface area contributed by atoms with Gasteiger partial charge in [-0.15, -0.1) is 0 Å². The Labute approximate surface area is 256 Å². The summed E-state index contributed by atoms with van der Waals surface area (Å²) in [5.41, 5.74) is 1.25. The number of carbonyl (C=O) groups is 1. The van der Waals surface area contributed by atoms with Crippen LogP contribution in [0, 0.1) is 12.8 Å². The molecule has 1 amide bonds. The SMILES string of the molecule is Cc1ccc(S(=O)(=O)Nc2ccc3c(c2)C(=O)N([C@@H](C)CO)C[C@@H](C)[C@@H](CN(C)S(C)(=O)=O)OCCCC[C@@H](C)O3)cc1. The summed E-state index contributed by atoms with van der Waals surface area (Å²) in [6.45, 7) is 7.71. The molecule has 1 heterocycles. The Bertz CT molecular complexity index is 1450. The first-order valence-corrected chi connectivity index (χ1v) is 17.8. The van der Waals surface area contributed by atoms with Crippen molar-refractivity contribution in [2.24, 2.45) is 5.92 Å². The lowest BCUT2D eigenvalue weighted by atomic mass is 10.0. The molecule has 11 nitrogen and oxygen atoms in total. The molecule has 0 saturated carbocycles. The van der Waals surface area contributed by atoms with Crippen LogP contribution in [0.2, 0.25) is 0 Å². The zero-order valence-corrected chi connectivity index (χ0v) is 27.4. The molecule has 3 rings (SSSR count). The van der Waals surface area contributed by atoms with Gasteiger partial charge in [-0.1, -0.05) is 24.6 Å². The maximum Gasteiger partial charge on any atom is 0.261 e. The van der Waals surface area contributed by atoms with E-state index >= 15 is 0 Å². The number of hydrogen-bond donors (Lipinski definition) is 2. The molecule has 0 aliphatic carbocycles. The van der Waals surface area contributed by atoms with E-state index in [1.54, 1.807) is 31.2 Å². The average molecular weight is 640 g/mol. The lowest BCUT2D eigenvalue weighted by Crippen LogP contribution is -2.47. The molecule has 0 aromatic heterocycles. The molecule has 0 radical (unpaired) electrons. The van der Waals surface area contributed by atoms with Gasteiger partial charge >= 0.3 is 0 Å². The third kappa shape index (κ3) is 9.64. The Kier molecular flexibility index (Phi) is 12.0. The van der Waals surface area contributed by atoms with E-state index in [2.05, 4.69) is 4.72 Å². The summed E-state index contributed by atoms with van der Waals surface area (Å²) in [7, 11) is -5.90. The van der Waals surface area contributed by atoms with Crippen molar-refractivity contribution >= 4 is 31.6 Å². The highest BCUT2D eigenvalue weighted by atomic mass is 32.2. The van der Waals surface area contributed by atoms with Crippen LogP contribution in [-0.4, -0.2) is 94.9 Å². The number of sulfonamides is 2. The van der Waals surface area contributed by atoms with Crippen molar-refractivity contribution in [1.82, 2.24) is 9.21 Å². The summed E-state index contributed by atoms with van der Waals surface area (Å²) in [6, 6.07) is 10.4. The predicted molar refractivity (Wildman–Crippen MR) is 166 cm³/mol. The Morgan fingerprint density at radius 1 is 1.09 bits per heavy atom. The fraction of sp³-hybridized carbons (Fsp3) is 0.567. The normalized spacial score (nSPS) is 21.9. The minimum absolute atomic E-state index is 0.0869. The van der Waals surface area contributed by atoms with Gasteiger partial charge in [-0.05, 0) is 70.4 Å². The van der Waals surface area contributed by atoms with E-state index < -0.39 is 38.1 Å². The molecule has 0 bridgehead atoms. The third-order valence-electron chi connectivity index (χ3n) is 7.64. The van der Waals surface area contributed by atoms with E-state index in [1.165, 1.54) is 34.5 Å². The van der Waals surface area contributed by atoms with Gasteiger partial charge in [-0.25, -0.2) is 21.1 Å². The van der Waals surface area contributed by atoms with Gasteiger partial charge in [0.15, 0.2) is 0 Å². The largest absolute Gasteiger partial charge is 0.490 e. The van der Waals surface area contributed by atoms with Crippen molar-refractivity contribution in [3.63, 3.8) is 0 Å². The molecule has 2 N–H and O–H groups in total. The van der Waals surface area contributed by atoms with E-state index in [4.69, 9.17) is 9.47 Å². The molecule has 1 aliphatic rings. The number of likely N-dealkylation sites (N-methyl/N-ethyl adjacent to an activating group) is 1. The van der Waals surface area contributed by atoms with Crippen LogP contribution in [0.25, 0.3) is 0 Å². The van der Waals surface area contributed by atoms with Gasteiger partial charge in [0.25, 0.3) is 15.9 Å². The van der Waals surface area contributed by atoms with Crippen LogP contribution in [0.3, 0.4) is 0 Å². The first-order chi connectivity index (χ1) is 20.1. The van der Waals surface area contributed by atoms with Crippen LogP contribution in [0.15, 0.2) is 47.4 Å². The number of hydrogen-bond acceptors (Lipinski definition) is 8. The Hall–Kier alpha value is -2.71. The van der Waals surface area contributed by atoms with E-state index in [-0.39, 0.29) is 47.9 Å². The summed E-state index contributed by atoms with van der Waals surface area (Å²) in [5, 5.41) is 10.1. The molecule has 0 unspecified atom stereocenters. The van der Waals surface area contributed by atoms with E-state index in [0.717, 1.165) is 24.7 Å². The zero-order valence-electron chi connectivity index (χ0n) is 25.8. The number of benzene rings is 2. The molecule has 2 aromatic carbocycles. The van der Waals surface area contributed by atoms with Crippen molar-refractivity contribution in [2.75, 3.05) is 44.3 Å². The average Bonchev–Trinajstić information content (AvgIpc) is 2.94. The number of rotatable bonds is 8. The van der Waals surface area contributed by atoms with Crippen molar-refractivity contribution in [1.29, 1.82) is 0 Å². The highest BCUT2D eigenvalue weighted by Crippen LogP contribution is 2.29. The molecule has 240 valence electrons. The zero-order chi connectivity index (χ0) is 31.9. The van der Waals surface area contributed by atoms with Crippen molar-refractivity contribution < 1.29 is 36.2 Å². The number of aryl methyl sites for hydroxylation is 1. The lowest BCUT2D eigenvalue weighted by molar-refractivity contribution is -0.00828. The van der Waals surface area contributed by atoms with Crippen molar-refractivity contribution in [3.8, 4) is 5.75 Å². The standard InChI is InChI=1S/C30H45N3O8S2/c1-21-10-13-26(14-11-21)43(38,39)31-25-12-15-28-27(17-25)30(35)33(23(3)20-34)18-22(2)29(19-32(5)42(6,36)37)40-16-8-7-9-24(4)41-28/h10-15,17,22-24,29,31,34H,7-9,16,18-20H2,1-6H3/t22-,23+,24-,29-/m1/s1. The number of ether oxygens (including phenoxy) is 2. The fourth-order valence-corrected chi connectivity index (χ4v) is 6.24. The molecule has 2 aromatic rings. The molecule has 43 heavy (non-hydrogen) atoms. The number of nitrogens with zero attached hydrogens (tertiary/aromatic N) is 2. The second-order valence-electron chi connectivity index (χ2n) is 11.5. The molecule has 0 saturated heterocycles. The van der Waals surface area contributed by atoms with E-state index in [1.807, 2.05) is 20.8 Å². The topological polar surface area (TPSA) is 143 Å². The molecule has 1 aliphatic heterocycles. The van der Waals surface area contributed by atoms with Gasteiger partial charge in [0.05, 0.1) is 41.6 Å². The minimum atomic E-state index is -3.93. The second kappa shape index (κ2) is 14.8. The number of amides is 1. The van der Waals surface area contributed by atoms with Gasteiger partial charge in [-0.3, -0.25) is 9.52 Å². The maximum absolute atomic E-state index is 14.2. The van der Waals surface area contributed by atoms with Crippen LogP contribution in [0.5, 0.6) is 5.75 Å². The Balaban J connectivity index is 2.02. The summed E-state index contributed by atoms with van der Waals surface area (Å²) >= 11 is 0.